The van der Waals surface area contributed by atoms with E-state index in [0.29, 0.717) is 36.3 Å². The van der Waals surface area contributed by atoms with Crippen molar-refractivity contribution in [2.24, 2.45) is 0 Å². The van der Waals surface area contributed by atoms with Gasteiger partial charge in [-0.05, 0) is 29.0 Å². The number of carbonyl (C=O) groups is 1. The zero-order chi connectivity index (χ0) is 19.4. The molecule has 0 saturated carbocycles. The van der Waals surface area contributed by atoms with Gasteiger partial charge in [-0.15, -0.1) is 11.3 Å². The van der Waals surface area contributed by atoms with E-state index in [1.165, 1.54) is 15.6 Å². The van der Waals surface area contributed by atoms with E-state index in [2.05, 4.69) is 19.2 Å². The predicted molar refractivity (Wildman–Crippen MR) is 109 cm³/mol. The van der Waals surface area contributed by atoms with E-state index < -0.39 is 10.0 Å². The lowest BCUT2D eigenvalue weighted by Gasteiger charge is -2.33. The smallest absolute Gasteiger partial charge is 0.252 e. The summed E-state index contributed by atoms with van der Waals surface area (Å²) in [6.45, 7) is 6.34. The number of hydrogen-bond acceptors (Lipinski definition) is 5. The summed E-state index contributed by atoms with van der Waals surface area (Å²) < 4.78 is 27.0. The number of rotatable bonds is 6. The van der Waals surface area contributed by atoms with E-state index in [0.717, 1.165) is 11.3 Å². The number of benzene rings is 1. The molecule has 146 valence electrons. The van der Waals surface area contributed by atoms with Gasteiger partial charge in [0, 0.05) is 31.9 Å². The Hall–Kier alpha value is -1.74. The van der Waals surface area contributed by atoms with Gasteiger partial charge in [0.2, 0.25) is 5.91 Å². The van der Waals surface area contributed by atoms with Gasteiger partial charge in [-0.2, -0.15) is 4.31 Å². The summed E-state index contributed by atoms with van der Waals surface area (Å²) in [5.41, 5.74) is 1.95. The van der Waals surface area contributed by atoms with E-state index in [-0.39, 0.29) is 12.5 Å². The van der Waals surface area contributed by atoms with Crippen LogP contribution < -0.4 is 5.32 Å². The third kappa shape index (κ3) is 4.76. The highest BCUT2D eigenvalue weighted by molar-refractivity contribution is 7.91. The summed E-state index contributed by atoms with van der Waals surface area (Å²) in [5, 5.41) is 4.76. The maximum atomic E-state index is 12.6. The van der Waals surface area contributed by atoms with E-state index in [1.807, 2.05) is 29.2 Å². The van der Waals surface area contributed by atoms with Gasteiger partial charge in [0.1, 0.15) is 4.21 Å². The first-order valence-electron chi connectivity index (χ1n) is 9.02. The van der Waals surface area contributed by atoms with Crippen molar-refractivity contribution in [3.8, 4) is 0 Å². The molecule has 1 aromatic heterocycles. The molecule has 27 heavy (non-hydrogen) atoms. The maximum absolute atomic E-state index is 12.6. The molecule has 0 aliphatic carbocycles. The summed E-state index contributed by atoms with van der Waals surface area (Å²) in [4.78, 5) is 14.4. The SMILES string of the molecule is CC(C)c1ccccc1NC(=O)CN1CCN(S(=O)(=O)c2cccs2)CC1. The van der Waals surface area contributed by atoms with Gasteiger partial charge in [0.15, 0.2) is 0 Å². The van der Waals surface area contributed by atoms with Gasteiger partial charge in [-0.1, -0.05) is 38.1 Å². The minimum Gasteiger partial charge on any atom is -0.325 e. The van der Waals surface area contributed by atoms with E-state index in [9.17, 15) is 13.2 Å². The molecular formula is C19H25N3O3S2. The van der Waals surface area contributed by atoms with Crippen LogP contribution in [-0.2, 0) is 14.8 Å². The van der Waals surface area contributed by atoms with Crippen LogP contribution >= 0.6 is 11.3 Å². The fourth-order valence-electron chi connectivity index (χ4n) is 3.17. The van der Waals surface area contributed by atoms with Crippen LogP contribution in [0.4, 0.5) is 5.69 Å². The lowest BCUT2D eigenvalue weighted by atomic mass is 10.0. The van der Waals surface area contributed by atoms with Gasteiger partial charge in [0.05, 0.1) is 6.54 Å². The number of carbonyl (C=O) groups excluding carboxylic acids is 1. The topological polar surface area (TPSA) is 69.7 Å². The number of amides is 1. The molecule has 1 aliphatic rings. The second-order valence-corrected chi connectivity index (χ2v) is 10.0. The molecule has 0 spiro atoms. The fraction of sp³-hybridized carbons (Fsp3) is 0.421. The first-order chi connectivity index (χ1) is 12.9. The number of para-hydroxylation sites is 1. The summed E-state index contributed by atoms with van der Waals surface area (Å²) >= 11 is 1.23. The van der Waals surface area contributed by atoms with Gasteiger partial charge < -0.3 is 5.32 Å². The van der Waals surface area contributed by atoms with Gasteiger partial charge in [0.25, 0.3) is 10.0 Å². The Bertz CT molecular complexity index is 871. The van der Waals surface area contributed by atoms with Crippen molar-refractivity contribution in [3.63, 3.8) is 0 Å². The molecule has 6 nitrogen and oxygen atoms in total. The Kier molecular flexibility index (Phi) is 6.31. The molecule has 0 radical (unpaired) electrons. The molecular weight excluding hydrogens is 382 g/mol. The van der Waals surface area contributed by atoms with Crippen LogP contribution in [0.3, 0.4) is 0 Å². The van der Waals surface area contributed by atoms with Crippen LogP contribution in [0.25, 0.3) is 0 Å². The monoisotopic (exact) mass is 407 g/mol. The van der Waals surface area contributed by atoms with Gasteiger partial charge >= 0.3 is 0 Å². The molecule has 1 amide bonds. The summed E-state index contributed by atoms with van der Waals surface area (Å²) in [7, 11) is -3.41. The van der Waals surface area contributed by atoms with Crippen molar-refractivity contribution in [2.75, 3.05) is 38.0 Å². The lowest BCUT2D eigenvalue weighted by Crippen LogP contribution is -2.50. The predicted octanol–water partition coefficient (Wildman–Crippen LogP) is 2.82. The van der Waals surface area contributed by atoms with E-state index in [1.54, 1.807) is 17.5 Å². The quantitative estimate of drug-likeness (QED) is 0.799. The largest absolute Gasteiger partial charge is 0.325 e. The average Bonchev–Trinajstić information content (AvgIpc) is 3.18. The zero-order valence-corrected chi connectivity index (χ0v) is 17.2. The van der Waals surface area contributed by atoms with E-state index in [4.69, 9.17) is 0 Å². The number of sulfonamides is 1. The van der Waals surface area contributed by atoms with Crippen molar-refractivity contribution in [3.05, 3.63) is 47.3 Å². The van der Waals surface area contributed by atoms with Crippen LogP contribution in [0.5, 0.6) is 0 Å². The molecule has 8 heteroatoms. The molecule has 1 aliphatic heterocycles. The molecule has 2 aromatic rings. The molecule has 1 fully saturated rings. The van der Waals surface area contributed by atoms with Crippen LogP contribution in [0.1, 0.15) is 25.3 Å². The van der Waals surface area contributed by atoms with E-state index >= 15 is 0 Å². The summed E-state index contributed by atoms with van der Waals surface area (Å²) in [5.74, 6) is 0.255. The number of nitrogens with zero attached hydrogens (tertiary/aromatic N) is 2. The van der Waals surface area contributed by atoms with Crippen LogP contribution in [0.15, 0.2) is 46.0 Å². The summed E-state index contributed by atoms with van der Waals surface area (Å²) in [6, 6.07) is 11.2. The highest BCUT2D eigenvalue weighted by Crippen LogP contribution is 2.24. The number of thiophene rings is 1. The van der Waals surface area contributed by atoms with Gasteiger partial charge in [-0.3, -0.25) is 9.69 Å². The first-order valence-corrected chi connectivity index (χ1v) is 11.3. The van der Waals surface area contributed by atoms with Gasteiger partial charge in [-0.25, -0.2) is 8.42 Å². The van der Waals surface area contributed by atoms with Crippen molar-refractivity contribution in [1.82, 2.24) is 9.21 Å². The van der Waals surface area contributed by atoms with Crippen LogP contribution in [-0.4, -0.2) is 56.3 Å². The van der Waals surface area contributed by atoms with Crippen molar-refractivity contribution >= 4 is 33.0 Å². The second kappa shape index (κ2) is 8.52. The second-order valence-electron chi connectivity index (χ2n) is 6.90. The molecule has 1 aromatic carbocycles. The average molecular weight is 408 g/mol. The molecule has 3 rings (SSSR count). The Morgan fingerprint density at radius 3 is 2.44 bits per heavy atom. The third-order valence-electron chi connectivity index (χ3n) is 4.64. The number of piperazine rings is 1. The Morgan fingerprint density at radius 2 is 1.81 bits per heavy atom. The number of hydrogen-bond donors (Lipinski definition) is 1. The molecule has 1 saturated heterocycles. The lowest BCUT2D eigenvalue weighted by molar-refractivity contribution is -0.117. The molecule has 1 N–H and O–H groups in total. The van der Waals surface area contributed by atoms with Crippen LogP contribution in [0.2, 0.25) is 0 Å². The van der Waals surface area contributed by atoms with Crippen molar-refractivity contribution < 1.29 is 13.2 Å². The zero-order valence-electron chi connectivity index (χ0n) is 15.6. The molecule has 0 bridgehead atoms. The Balaban J connectivity index is 1.54. The van der Waals surface area contributed by atoms with Crippen LogP contribution in [0, 0.1) is 0 Å². The Morgan fingerprint density at radius 1 is 1.11 bits per heavy atom. The molecule has 2 heterocycles. The van der Waals surface area contributed by atoms with Crippen molar-refractivity contribution in [2.45, 2.75) is 24.0 Å². The minimum absolute atomic E-state index is 0.0716. The number of nitrogens with one attached hydrogen (secondary N) is 1. The van der Waals surface area contributed by atoms with Crippen molar-refractivity contribution in [1.29, 1.82) is 0 Å². The molecule has 0 atom stereocenters. The fourth-order valence-corrected chi connectivity index (χ4v) is 5.74. The standard InChI is InChI=1S/C19H25N3O3S2/c1-15(2)16-6-3-4-7-17(16)20-18(23)14-21-9-11-22(12-10-21)27(24,25)19-8-5-13-26-19/h3-8,13,15H,9-12,14H2,1-2H3,(H,20,23). The number of anilines is 1. The summed E-state index contributed by atoms with van der Waals surface area (Å²) in [6.07, 6.45) is 0. The first kappa shape index (κ1) is 20.0. The third-order valence-corrected chi connectivity index (χ3v) is 7.92. The normalized spacial score (nSPS) is 16.6. The highest BCUT2D eigenvalue weighted by Gasteiger charge is 2.29. The minimum atomic E-state index is -3.41. The maximum Gasteiger partial charge on any atom is 0.252 e. The highest BCUT2D eigenvalue weighted by atomic mass is 32.2. The molecule has 0 unspecified atom stereocenters. The Labute approximate surface area is 164 Å².